The molecule has 0 atom stereocenters. The minimum Gasteiger partial charge on any atom is -0.258 e. The van der Waals surface area contributed by atoms with Gasteiger partial charge in [0.25, 0.3) is 5.69 Å². The molecule has 0 aromatic heterocycles. The number of halogens is 2. The third-order valence-electron chi connectivity index (χ3n) is 1.45. The molecule has 1 aromatic carbocycles. The molecule has 3 nitrogen and oxygen atoms in total. The summed E-state index contributed by atoms with van der Waals surface area (Å²) in [6.45, 7) is 0. The molecular weight excluding hydrogens is 233 g/mol. The second kappa shape index (κ2) is 4.69. The lowest BCUT2D eigenvalue weighted by Gasteiger charge is -1.99. The van der Waals surface area contributed by atoms with Crippen LogP contribution in [0.3, 0.4) is 0 Å². The molecule has 0 saturated heterocycles. The molecular formula is C7H5Cl2NO2S. The lowest BCUT2D eigenvalue weighted by molar-refractivity contribution is -0.385. The number of nitro benzene ring substituents is 1. The number of hydrogen-bond acceptors (Lipinski definition) is 3. The quantitative estimate of drug-likeness (QED) is 0.596. The maximum absolute atomic E-state index is 10.5. The van der Waals surface area contributed by atoms with Gasteiger partial charge < -0.3 is 0 Å². The number of rotatable bonds is 3. The summed E-state index contributed by atoms with van der Waals surface area (Å²) in [5.41, 5.74) is 0.593. The summed E-state index contributed by atoms with van der Waals surface area (Å²) in [4.78, 5) is 10.1. The highest BCUT2D eigenvalue weighted by Gasteiger charge is 2.13. The summed E-state index contributed by atoms with van der Waals surface area (Å²) in [6.07, 6.45) is 0. The van der Waals surface area contributed by atoms with E-state index in [2.05, 4.69) is 0 Å². The standard InChI is InChI=1S/C7H5Cl2NO2S/c8-6-2-1-5(4-13-9)7(3-6)10(11)12/h1-3H,4H2. The summed E-state index contributed by atoms with van der Waals surface area (Å²) in [6, 6.07) is 4.54. The lowest BCUT2D eigenvalue weighted by atomic mass is 10.2. The molecule has 0 N–H and O–H groups in total. The second-order valence-corrected chi connectivity index (χ2v) is 3.88. The van der Waals surface area contributed by atoms with Crippen molar-refractivity contribution in [1.29, 1.82) is 0 Å². The molecule has 70 valence electrons. The molecule has 0 spiro atoms. The van der Waals surface area contributed by atoms with Crippen molar-refractivity contribution in [3.8, 4) is 0 Å². The van der Waals surface area contributed by atoms with Crippen molar-refractivity contribution >= 4 is 38.9 Å². The second-order valence-electron chi connectivity index (χ2n) is 2.28. The van der Waals surface area contributed by atoms with Crippen LogP contribution in [0.25, 0.3) is 0 Å². The Hall–Kier alpha value is -0.450. The highest BCUT2D eigenvalue weighted by atomic mass is 35.7. The predicted molar refractivity (Wildman–Crippen MR) is 55.3 cm³/mol. The zero-order valence-electron chi connectivity index (χ0n) is 6.37. The van der Waals surface area contributed by atoms with Crippen LogP contribution in [-0.2, 0) is 5.75 Å². The number of hydrogen-bond donors (Lipinski definition) is 0. The molecule has 13 heavy (non-hydrogen) atoms. The Balaban J connectivity index is 3.10. The summed E-state index contributed by atoms with van der Waals surface area (Å²) in [5, 5.41) is 10.9. The molecule has 0 aliphatic heterocycles. The van der Waals surface area contributed by atoms with Crippen LogP contribution in [0, 0.1) is 10.1 Å². The molecule has 1 aromatic rings. The van der Waals surface area contributed by atoms with Gasteiger partial charge in [0.15, 0.2) is 0 Å². The van der Waals surface area contributed by atoms with Crippen LogP contribution in [0.4, 0.5) is 5.69 Å². The highest BCUT2D eigenvalue weighted by molar-refractivity contribution is 8.20. The molecule has 6 heteroatoms. The number of nitrogens with zero attached hydrogens (tertiary/aromatic N) is 1. The fraction of sp³-hybridized carbons (Fsp3) is 0.143. The smallest absolute Gasteiger partial charge is 0.258 e. The fourth-order valence-electron chi connectivity index (χ4n) is 0.888. The van der Waals surface area contributed by atoms with Crippen LogP contribution in [0.5, 0.6) is 0 Å². The van der Waals surface area contributed by atoms with Gasteiger partial charge in [-0.05, 0) is 22.8 Å². The Morgan fingerprint density at radius 2 is 2.23 bits per heavy atom. The summed E-state index contributed by atoms with van der Waals surface area (Å²) in [7, 11) is 6.43. The van der Waals surface area contributed by atoms with Gasteiger partial charge in [-0.3, -0.25) is 10.1 Å². The molecule has 0 saturated carbocycles. The third-order valence-corrected chi connectivity index (χ3v) is 2.44. The largest absolute Gasteiger partial charge is 0.274 e. The molecule has 0 radical (unpaired) electrons. The molecule has 0 aliphatic rings. The summed E-state index contributed by atoms with van der Waals surface area (Å²) >= 11 is 5.62. The average Bonchev–Trinajstić information content (AvgIpc) is 2.08. The van der Waals surface area contributed by atoms with E-state index >= 15 is 0 Å². The first-order valence-corrected chi connectivity index (χ1v) is 5.50. The van der Waals surface area contributed by atoms with Crippen LogP contribution in [0.15, 0.2) is 18.2 Å². The number of nitro groups is 1. The van der Waals surface area contributed by atoms with Gasteiger partial charge in [0, 0.05) is 22.4 Å². The van der Waals surface area contributed by atoms with Gasteiger partial charge in [-0.15, -0.1) is 0 Å². The average molecular weight is 238 g/mol. The molecule has 1 rings (SSSR count). The minimum atomic E-state index is -0.464. The van der Waals surface area contributed by atoms with Crippen LogP contribution in [0.1, 0.15) is 5.56 Å². The summed E-state index contributed by atoms with van der Waals surface area (Å²) < 4.78 is 0. The van der Waals surface area contributed by atoms with E-state index in [1.807, 2.05) is 0 Å². The van der Waals surface area contributed by atoms with E-state index in [0.717, 1.165) is 11.0 Å². The fourth-order valence-corrected chi connectivity index (χ4v) is 1.77. The predicted octanol–water partition coefficient (Wildman–Crippen LogP) is 3.64. The Kier molecular flexibility index (Phi) is 3.84. The Labute approximate surface area is 88.7 Å². The number of benzene rings is 1. The molecule has 0 aliphatic carbocycles. The Bertz CT molecular complexity index is 332. The Morgan fingerprint density at radius 1 is 1.54 bits per heavy atom. The van der Waals surface area contributed by atoms with Crippen molar-refractivity contribution in [2.24, 2.45) is 0 Å². The van der Waals surface area contributed by atoms with Crippen molar-refractivity contribution in [2.75, 3.05) is 0 Å². The van der Waals surface area contributed by atoms with Gasteiger partial charge in [0.1, 0.15) is 0 Å². The molecule has 0 fully saturated rings. The minimum absolute atomic E-state index is 0.0145. The van der Waals surface area contributed by atoms with Gasteiger partial charge in [-0.2, -0.15) is 0 Å². The van der Waals surface area contributed by atoms with Crippen molar-refractivity contribution in [3.05, 3.63) is 38.9 Å². The van der Waals surface area contributed by atoms with Gasteiger partial charge in [0.05, 0.1) is 4.92 Å². The SMILES string of the molecule is O=[N+]([O-])c1cc(Cl)ccc1CSCl. The monoisotopic (exact) mass is 237 g/mol. The van der Waals surface area contributed by atoms with E-state index < -0.39 is 4.92 Å². The highest BCUT2D eigenvalue weighted by Crippen LogP contribution is 2.27. The van der Waals surface area contributed by atoms with Gasteiger partial charge in [-0.1, -0.05) is 22.6 Å². The lowest BCUT2D eigenvalue weighted by Crippen LogP contribution is -1.93. The zero-order valence-corrected chi connectivity index (χ0v) is 8.70. The summed E-state index contributed by atoms with van der Waals surface area (Å²) in [5.74, 6) is 0.398. The van der Waals surface area contributed by atoms with E-state index in [9.17, 15) is 10.1 Å². The Morgan fingerprint density at radius 3 is 2.77 bits per heavy atom. The van der Waals surface area contributed by atoms with E-state index in [1.165, 1.54) is 6.07 Å². The maximum atomic E-state index is 10.5. The zero-order chi connectivity index (χ0) is 9.84. The van der Waals surface area contributed by atoms with Crippen molar-refractivity contribution < 1.29 is 4.92 Å². The van der Waals surface area contributed by atoms with Gasteiger partial charge >= 0.3 is 0 Å². The van der Waals surface area contributed by atoms with Crippen molar-refractivity contribution in [2.45, 2.75) is 5.75 Å². The molecule has 0 unspecified atom stereocenters. The van der Waals surface area contributed by atoms with Gasteiger partial charge in [-0.25, -0.2) is 0 Å². The van der Waals surface area contributed by atoms with Gasteiger partial charge in [0.2, 0.25) is 0 Å². The van der Waals surface area contributed by atoms with Crippen molar-refractivity contribution in [1.82, 2.24) is 0 Å². The first-order valence-electron chi connectivity index (χ1n) is 3.31. The first kappa shape index (κ1) is 10.6. The molecule has 0 bridgehead atoms. The van der Waals surface area contributed by atoms with E-state index in [0.29, 0.717) is 16.3 Å². The van der Waals surface area contributed by atoms with Crippen molar-refractivity contribution in [3.63, 3.8) is 0 Å². The first-order chi connectivity index (χ1) is 6.15. The van der Waals surface area contributed by atoms with E-state index in [1.54, 1.807) is 12.1 Å². The maximum Gasteiger partial charge on any atom is 0.274 e. The van der Waals surface area contributed by atoms with Crippen LogP contribution >= 0.6 is 33.3 Å². The van der Waals surface area contributed by atoms with Crippen LogP contribution in [-0.4, -0.2) is 4.92 Å². The van der Waals surface area contributed by atoms with E-state index in [-0.39, 0.29) is 5.69 Å². The topological polar surface area (TPSA) is 43.1 Å². The van der Waals surface area contributed by atoms with Crippen LogP contribution in [0.2, 0.25) is 5.02 Å². The normalized spacial score (nSPS) is 10.0. The molecule has 0 amide bonds. The van der Waals surface area contributed by atoms with Crippen LogP contribution < -0.4 is 0 Å². The molecule has 0 heterocycles. The van der Waals surface area contributed by atoms with E-state index in [4.69, 9.17) is 22.3 Å². The third kappa shape index (κ3) is 2.76.